The smallest absolute Gasteiger partial charge is 0.0730 e. The lowest BCUT2D eigenvalue weighted by Gasteiger charge is -2.42. The minimum Gasteiger partial charge on any atom is -0.389 e. The molecule has 20 heavy (non-hydrogen) atoms. The Morgan fingerprint density at radius 3 is 2.85 bits per heavy atom. The van der Waals surface area contributed by atoms with E-state index in [0.717, 1.165) is 29.4 Å². The van der Waals surface area contributed by atoms with Crippen molar-refractivity contribution in [3.63, 3.8) is 0 Å². The molecule has 1 heterocycles. The van der Waals surface area contributed by atoms with Crippen LogP contribution in [0.4, 0.5) is 0 Å². The van der Waals surface area contributed by atoms with Gasteiger partial charge in [0, 0.05) is 17.5 Å². The van der Waals surface area contributed by atoms with Crippen LogP contribution in [0.25, 0.3) is 10.9 Å². The molecule has 3 atom stereocenters. The van der Waals surface area contributed by atoms with Crippen molar-refractivity contribution in [2.45, 2.75) is 45.1 Å². The molecule has 0 amide bonds. The summed E-state index contributed by atoms with van der Waals surface area (Å²) < 4.78 is 0. The van der Waals surface area contributed by atoms with E-state index in [2.05, 4.69) is 32.0 Å². The Labute approximate surface area is 120 Å². The molecule has 0 saturated heterocycles. The van der Waals surface area contributed by atoms with Crippen molar-refractivity contribution in [1.29, 1.82) is 0 Å². The van der Waals surface area contributed by atoms with Crippen LogP contribution in [-0.2, 0) is 6.42 Å². The lowest BCUT2D eigenvalue weighted by Crippen LogP contribution is -2.45. The Bertz CT molecular complexity index is 609. The van der Waals surface area contributed by atoms with Crippen LogP contribution >= 0.6 is 0 Å². The number of benzene rings is 1. The van der Waals surface area contributed by atoms with Crippen molar-refractivity contribution in [3.05, 3.63) is 42.1 Å². The molecule has 2 nitrogen and oxygen atoms in total. The maximum absolute atomic E-state index is 11.0. The number of hydrogen-bond donors (Lipinski definition) is 1. The second-order valence-corrected chi connectivity index (χ2v) is 6.43. The molecule has 1 fully saturated rings. The van der Waals surface area contributed by atoms with Crippen LogP contribution in [0, 0.1) is 11.8 Å². The summed E-state index contributed by atoms with van der Waals surface area (Å²) in [6.45, 7) is 4.44. The SMILES string of the molecule is CC1CCCC(O)(Cc2ccc3ccccc3n2)C1C. The van der Waals surface area contributed by atoms with E-state index in [4.69, 9.17) is 4.98 Å². The van der Waals surface area contributed by atoms with E-state index in [1.165, 1.54) is 6.42 Å². The molecule has 1 saturated carbocycles. The molecule has 2 aromatic rings. The van der Waals surface area contributed by atoms with Gasteiger partial charge >= 0.3 is 0 Å². The van der Waals surface area contributed by atoms with E-state index in [9.17, 15) is 5.11 Å². The van der Waals surface area contributed by atoms with E-state index in [-0.39, 0.29) is 0 Å². The summed E-state index contributed by atoms with van der Waals surface area (Å²) in [5.74, 6) is 0.929. The fourth-order valence-electron chi connectivity index (χ4n) is 3.51. The molecule has 2 heteroatoms. The lowest BCUT2D eigenvalue weighted by molar-refractivity contribution is -0.0626. The van der Waals surface area contributed by atoms with Crippen molar-refractivity contribution >= 4 is 10.9 Å². The number of nitrogens with zero attached hydrogens (tertiary/aromatic N) is 1. The molecule has 1 aliphatic rings. The summed E-state index contributed by atoms with van der Waals surface area (Å²) in [5.41, 5.74) is 1.44. The first-order chi connectivity index (χ1) is 9.58. The molecule has 0 bridgehead atoms. The maximum Gasteiger partial charge on any atom is 0.0730 e. The normalized spacial score (nSPS) is 30.6. The van der Waals surface area contributed by atoms with Crippen LogP contribution in [-0.4, -0.2) is 15.7 Å². The molecule has 1 aromatic heterocycles. The topological polar surface area (TPSA) is 33.1 Å². The van der Waals surface area contributed by atoms with Gasteiger partial charge in [0.2, 0.25) is 0 Å². The quantitative estimate of drug-likeness (QED) is 0.895. The third-order valence-corrected chi connectivity index (χ3v) is 5.11. The zero-order chi connectivity index (χ0) is 14.2. The first-order valence-corrected chi connectivity index (χ1v) is 7.65. The van der Waals surface area contributed by atoms with Gasteiger partial charge in [-0.3, -0.25) is 4.98 Å². The molecule has 1 aromatic carbocycles. The van der Waals surface area contributed by atoms with Crippen molar-refractivity contribution < 1.29 is 5.11 Å². The van der Waals surface area contributed by atoms with Crippen LogP contribution in [0.1, 0.15) is 38.8 Å². The number of aliphatic hydroxyl groups is 1. The zero-order valence-corrected chi connectivity index (χ0v) is 12.3. The third-order valence-electron chi connectivity index (χ3n) is 5.11. The number of rotatable bonds is 2. The van der Waals surface area contributed by atoms with Gasteiger partial charge in [-0.05, 0) is 30.4 Å². The van der Waals surface area contributed by atoms with Crippen LogP contribution in [0.15, 0.2) is 36.4 Å². The van der Waals surface area contributed by atoms with E-state index < -0.39 is 5.60 Å². The molecule has 1 N–H and O–H groups in total. The Balaban J connectivity index is 1.88. The van der Waals surface area contributed by atoms with Crippen LogP contribution in [0.2, 0.25) is 0 Å². The summed E-state index contributed by atoms with van der Waals surface area (Å²) in [5, 5.41) is 12.2. The van der Waals surface area contributed by atoms with Gasteiger partial charge in [-0.25, -0.2) is 0 Å². The Morgan fingerprint density at radius 1 is 1.20 bits per heavy atom. The van der Waals surface area contributed by atoms with Crippen molar-refractivity contribution in [1.82, 2.24) is 4.98 Å². The predicted octanol–water partition coefficient (Wildman–Crippen LogP) is 3.96. The number of aromatic nitrogens is 1. The highest BCUT2D eigenvalue weighted by Crippen LogP contribution is 2.39. The highest BCUT2D eigenvalue weighted by Gasteiger charge is 2.39. The molecule has 106 valence electrons. The second-order valence-electron chi connectivity index (χ2n) is 6.43. The largest absolute Gasteiger partial charge is 0.389 e. The van der Waals surface area contributed by atoms with Gasteiger partial charge in [-0.15, -0.1) is 0 Å². The van der Waals surface area contributed by atoms with Crippen LogP contribution in [0.5, 0.6) is 0 Å². The first-order valence-electron chi connectivity index (χ1n) is 7.65. The van der Waals surface area contributed by atoms with E-state index in [1.807, 2.05) is 18.2 Å². The predicted molar refractivity (Wildman–Crippen MR) is 82.6 cm³/mol. The molecule has 0 aliphatic heterocycles. The highest BCUT2D eigenvalue weighted by atomic mass is 16.3. The second kappa shape index (κ2) is 5.17. The third kappa shape index (κ3) is 2.45. The van der Waals surface area contributed by atoms with Gasteiger partial charge in [-0.2, -0.15) is 0 Å². The molecule has 3 rings (SSSR count). The van der Waals surface area contributed by atoms with Gasteiger partial charge in [0.05, 0.1) is 11.1 Å². The summed E-state index contributed by atoms with van der Waals surface area (Å²) in [7, 11) is 0. The van der Waals surface area contributed by atoms with Crippen molar-refractivity contribution in [3.8, 4) is 0 Å². The Kier molecular flexibility index (Phi) is 3.51. The monoisotopic (exact) mass is 269 g/mol. The first kappa shape index (κ1) is 13.6. The minimum atomic E-state index is -0.590. The fourth-order valence-corrected chi connectivity index (χ4v) is 3.51. The van der Waals surface area contributed by atoms with Gasteiger partial charge in [0.1, 0.15) is 0 Å². The molecular formula is C18H23NO. The highest BCUT2D eigenvalue weighted by molar-refractivity contribution is 5.78. The average Bonchev–Trinajstić information content (AvgIpc) is 2.45. The lowest BCUT2D eigenvalue weighted by atomic mass is 9.69. The fraction of sp³-hybridized carbons (Fsp3) is 0.500. The summed E-state index contributed by atoms with van der Waals surface area (Å²) >= 11 is 0. The van der Waals surface area contributed by atoms with Crippen molar-refractivity contribution in [2.75, 3.05) is 0 Å². The minimum absolute atomic E-state index is 0.338. The van der Waals surface area contributed by atoms with E-state index in [0.29, 0.717) is 18.3 Å². The van der Waals surface area contributed by atoms with Gasteiger partial charge in [-0.1, -0.05) is 51.0 Å². The number of hydrogen-bond acceptors (Lipinski definition) is 2. The standard InChI is InChI=1S/C18H23NO/c1-13-6-5-11-18(20,14(13)2)12-16-10-9-15-7-3-4-8-17(15)19-16/h3-4,7-10,13-14,20H,5-6,11-12H2,1-2H3. The summed E-state index contributed by atoms with van der Waals surface area (Å²) in [6, 6.07) is 12.3. The molecule has 0 radical (unpaired) electrons. The molecule has 3 unspecified atom stereocenters. The molecule has 1 aliphatic carbocycles. The van der Waals surface area contributed by atoms with E-state index >= 15 is 0 Å². The Hall–Kier alpha value is -1.41. The van der Waals surface area contributed by atoms with E-state index in [1.54, 1.807) is 0 Å². The van der Waals surface area contributed by atoms with Gasteiger partial charge < -0.3 is 5.11 Å². The number of para-hydroxylation sites is 1. The molecular weight excluding hydrogens is 246 g/mol. The summed E-state index contributed by atoms with van der Waals surface area (Å²) in [6.07, 6.45) is 3.92. The zero-order valence-electron chi connectivity index (χ0n) is 12.3. The maximum atomic E-state index is 11.0. The van der Waals surface area contributed by atoms with Crippen molar-refractivity contribution in [2.24, 2.45) is 11.8 Å². The molecule has 0 spiro atoms. The van der Waals surface area contributed by atoms with Gasteiger partial charge in [0.15, 0.2) is 0 Å². The van der Waals surface area contributed by atoms with Crippen LogP contribution in [0.3, 0.4) is 0 Å². The average molecular weight is 269 g/mol. The number of pyridine rings is 1. The van der Waals surface area contributed by atoms with Gasteiger partial charge in [0.25, 0.3) is 0 Å². The van der Waals surface area contributed by atoms with Crippen LogP contribution < -0.4 is 0 Å². The Morgan fingerprint density at radius 2 is 2.00 bits per heavy atom. The summed E-state index contributed by atoms with van der Waals surface area (Å²) in [4.78, 5) is 4.71. The number of fused-ring (bicyclic) bond motifs is 1.